The van der Waals surface area contributed by atoms with Gasteiger partial charge in [-0.15, -0.1) is 0 Å². The average Bonchev–Trinajstić information content (AvgIpc) is 2.82. The van der Waals surface area contributed by atoms with Crippen molar-refractivity contribution in [3.8, 4) is 11.4 Å². The van der Waals surface area contributed by atoms with E-state index < -0.39 is 0 Å². The molecule has 0 atom stereocenters. The van der Waals surface area contributed by atoms with Gasteiger partial charge in [0.2, 0.25) is 0 Å². The highest BCUT2D eigenvalue weighted by Crippen LogP contribution is 2.37. The molecule has 0 saturated heterocycles. The number of fused-ring (bicyclic) bond motifs is 5. The first-order chi connectivity index (χ1) is 9.25. The standard InChI is InChI=1S/C15H10Cl2N2/c16-11-5-6-12-14(13(11)17)19-8-7-9-3-1-2-4-10(9)15(19)18-12/h1-6H,7-8H2. The van der Waals surface area contributed by atoms with Crippen LogP contribution in [0.15, 0.2) is 36.4 Å². The van der Waals surface area contributed by atoms with E-state index in [9.17, 15) is 0 Å². The summed E-state index contributed by atoms with van der Waals surface area (Å²) in [4.78, 5) is 4.72. The van der Waals surface area contributed by atoms with Crippen molar-refractivity contribution in [3.05, 3.63) is 52.0 Å². The summed E-state index contributed by atoms with van der Waals surface area (Å²) in [6, 6.07) is 12.1. The Kier molecular flexibility index (Phi) is 2.38. The van der Waals surface area contributed by atoms with Gasteiger partial charge in [0.25, 0.3) is 0 Å². The predicted molar refractivity (Wildman–Crippen MR) is 78.9 cm³/mol. The van der Waals surface area contributed by atoms with Crippen molar-refractivity contribution >= 4 is 34.2 Å². The zero-order valence-corrected chi connectivity index (χ0v) is 11.5. The van der Waals surface area contributed by atoms with Crippen LogP contribution in [0.5, 0.6) is 0 Å². The number of hydrogen-bond acceptors (Lipinski definition) is 1. The van der Waals surface area contributed by atoms with Crippen molar-refractivity contribution in [2.75, 3.05) is 0 Å². The van der Waals surface area contributed by atoms with Gasteiger partial charge in [0.1, 0.15) is 5.82 Å². The summed E-state index contributed by atoms with van der Waals surface area (Å²) in [6.07, 6.45) is 0.997. The Labute approximate surface area is 120 Å². The lowest BCUT2D eigenvalue weighted by molar-refractivity contribution is 0.702. The lowest BCUT2D eigenvalue weighted by Crippen LogP contribution is -2.10. The van der Waals surface area contributed by atoms with Crippen LogP contribution in [0.3, 0.4) is 0 Å². The number of nitrogens with zero attached hydrogens (tertiary/aromatic N) is 2. The van der Waals surface area contributed by atoms with Gasteiger partial charge in [-0.3, -0.25) is 0 Å². The van der Waals surface area contributed by atoms with Crippen LogP contribution < -0.4 is 0 Å². The van der Waals surface area contributed by atoms with Crippen LogP contribution in [0.4, 0.5) is 0 Å². The maximum Gasteiger partial charge on any atom is 0.141 e. The first kappa shape index (κ1) is 11.3. The van der Waals surface area contributed by atoms with E-state index in [-0.39, 0.29) is 0 Å². The zero-order valence-electron chi connectivity index (χ0n) is 10.0. The lowest BCUT2D eigenvalue weighted by Gasteiger charge is -2.18. The highest BCUT2D eigenvalue weighted by Gasteiger charge is 2.21. The van der Waals surface area contributed by atoms with E-state index in [0.717, 1.165) is 29.8 Å². The van der Waals surface area contributed by atoms with Crippen LogP contribution in [0.25, 0.3) is 22.4 Å². The summed E-state index contributed by atoms with van der Waals surface area (Å²) < 4.78 is 2.17. The zero-order chi connectivity index (χ0) is 13.0. The maximum atomic E-state index is 6.34. The molecule has 1 aromatic heterocycles. The molecule has 2 nitrogen and oxygen atoms in total. The van der Waals surface area contributed by atoms with E-state index in [2.05, 4.69) is 22.8 Å². The quantitative estimate of drug-likeness (QED) is 0.593. The molecule has 1 aliphatic heterocycles. The summed E-state index contributed by atoms with van der Waals surface area (Å²) in [7, 11) is 0. The molecule has 94 valence electrons. The second kappa shape index (κ2) is 3.99. The van der Waals surface area contributed by atoms with Gasteiger partial charge in [-0.25, -0.2) is 4.98 Å². The van der Waals surface area contributed by atoms with Crippen molar-refractivity contribution in [3.63, 3.8) is 0 Å². The summed E-state index contributed by atoms with van der Waals surface area (Å²) in [5, 5.41) is 1.17. The molecule has 1 aliphatic rings. The van der Waals surface area contributed by atoms with E-state index in [4.69, 9.17) is 28.2 Å². The van der Waals surface area contributed by atoms with Crippen LogP contribution in [-0.4, -0.2) is 9.55 Å². The minimum absolute atomic E-state index is 0.579. The second-order valence-electron chi connectivity index (χ2n) is 4.72. The minimum Gasteiger partial charge on any atom is -0.322 e. The van der Waals surface area contributed by atoms with E-state index in [0.29, 0.717) is 10.0 Å². The topological polar surface area (TPSA) is 17.8 Å². The van der Waals surface area contributed by atoms with Gasteiger partial charge < -0.3 is 4.57 Å². The summed E-state index contributed by atoms with van der Waals surface area (Å²) in [5.74, 6) is 0.987. The first-order valence-corrected chi connectivity index (χ1v) is 6.94. The van der Waals surface area contributed by atoms with E-state index in [1.54, 1.807) is 6.07 Å². The third-order valence-corrected chi connectivity index (χ3v) is 4.46. The van der Waals surface area contributed by atoms with Gasteiger partial charge in [-0.1, -0.05) is 47.5 Å². The Hall–Kier alpha value is -1.51. The second-order valence-corrected chi connectivity index (χ2v) is 5.51. The minimum atomic E-state index is 0.579. The Balaban J connectivity index is 2.11. The monoisotopic (exact) mass is 288 g/mol. The largest absolute Gasteiger partial charge is 0.322 e. The number of halogens is 2. The molecule has 0 radical (unpaired) electrons. The molecule has 0 amide bonds. The average molecular weight is 289 g/mol. The van der Waals surface area contributed by atoms with E-state index in [1.165, 1.54) is 11.1 Å². The third kappa shape index (κ3) is 1.54. The van der Waals surface area contributed by atoms with Crippen LogP contribution >= 0.6 is 23.2 Å². The first-order valence-electron chi connectivity index (χ1n) is 6.18. The molecule has 0 unspecified atom stereocenters. The molecule has 0 aliphatic carbocycles. The lowest BCUT2D eigenvalue weighted by atomic mass is 10.0. The third-order valence-electron chi connectivity index (χ3n) is 3.66. The van der Waals surface area contributed by atoms with Gasteiger partial charge in [0.05, 0.1) is 21.1 Å². The Morgan fingerprint density at radius 1 is 1.05 bits per heavy atom. The Morgan fingerprint density at radius 2 is 1.89 bits per heavy atom. The van der Waals surface area contributed by atoms with E-state index >= 15 is 0 Å². The van der Waals surface area contributed by atoms with Crippen LogP contribution in [-0.2, 0) is 13.0 Å². The normalized spacial score (nSPS) is 13.4. The number of imidazole rings is 1. The molecule has 2 aromatic carbocycles. The molecule has 3 aromatic rings. The maximum absolute atomic E-state index is 6.34. The fourth-order valence-corrected chi connectivity index (χ4v) is 3.18. The van der Waals surface area contributed by atoms with Gasteiger partial charge in [0, 0.05) is 12.1 Å². The highest BCUT2D eigenvalue weighted by atomic mass is 35.5. The fraction of sp³-hybridized carbons (Fsp3) is 0.133. The molecule has 19 heavy (non-hydrogen) atoms. The van der Waals surface area contributed by atoms with Crippen LogP contribution in [0.1, 0.15) is 5.56 Å². The summed E-state index contributed by atoms with van der Waals surface area (Å²) in [6.45, 7) is 0.892. The molecule has 4 rings (SSSR count). The Bertz CT molecular complexity index is 805. The number of hydrogen-bond donors (Lipinski definition) is 0. The van der Waals surface area contributed by atoms with Crippen LogP contribution in [0.2, 0.25) is 10.0 Å². The molecule has 4 heteroatoms. The van der Waals surface area contributed by atoms with Gasteiger partial charge in [-0.2, -0.15) is 0 Å². The molecule has 0 saturated carbocycles. The molecule has 2 heterocycles. The van der Waals surface area contributed by atoms with Crippen molar-refractivity contribution < 1.29 is 0 Å². The molecule has 0 fully saturated rings. The van der Waals surface area contributed by atoms with Crippen molar-refractivity contribution in [1.29, 1.82) is 0 Å². The summed E-state index contributed by atoms with van der Waals surface area (Å²) >= 11 is 12.5. The molecule has 0 bridgehead atoms. The molecule has 0 spiro atoms. The van der Waals surface area contributed by atoms with Crippen molar-refractivity contribution in [2.45, 2.75) is 13.0 Å². The smallest absolute Gasteiger partial charge is 0.141 e. The molecular formula is C15H10Cl2N2. The van der Waals surface area contributed by atoms with Gasteiger partial charge >= 0.3 is 0 Å². The van der Waals surface area contributed by atoms with E-state index in [1.807, 2.05) is 12.1 Å². The number of aryl methyl sites for hydroxylation is 2. The van der Waals surface area contributed by atoms with Crippen molar-refractivity contribution in [2.24, 2.45) is 0 Å². The fourth-order valence-electron chi connectivity index (χ4n) is 2.77. The number of rotatable bonds is 0. The SMILES string of the molecule is Clc1ccc2nc3n(c2c1Cl)CCc1ccccc1-3. The number of benzene rings is 2. The molecular weight excluding hydrogens is 279 g/mol. The van der Waals surface area contributed by atoms with Gasteiger partial charge in [-0.05, 0) is 24.1 Å². The molecule has 0 N–H and O–H groups in total. The predicted octanol–water partition coefficient (Wildman–Crippen LogP) is 4.57. The highest BCUT2D eigenvalue weighted by molar-refractivity contribution is 6.45. The summed E-state index contributed by atoms with van der Waals surface area (Å²) in [5.41, 5.74) is 4.38. The van der Waals surface area contributed by atoms with Crippen molar-refractivity contribution in [1.82, 2.24) is 9.55 Å². The van der Waals surface area contributed by atoms with Crippen LogP contribution in [0, 0.1) is 0 Å². The number of aromatic nitrogens is 2. The van der Waals surface area contributed by atoms with Gasteiger partial charge in [0.15, 0.2) is 0 Å². The Morgan fingerprint density at radius 3 is 2.79 bits per heavy atom.